The fraction of sp³-hybridized carbons (Fsp3) is 0.250. The number of ether oxygens (including phenoxy) is 2. The zero-order chi connectivity index (χ0) is 18.8. The Morgan fingerprint density at radius 3 is 2.24 bits per heavy atom. The van der Waals surface area contributed by atoms with Gasteiger partial charge >= 0.3 is 17.9 Å². The Hall–Kier alpha value is -3.36. The van der Waals surface area contributed by atoms with Crippen molar-refractivity contribution in [3.63, 3.8) is 0 Å². The summed E-state index contributed by atoms with van der Waals surface area (Å²) in [5, 5.41) is 13.7. The molecule has 1 rings (SSSR count). The van der Waals surface area contributed by atoms with E-state index < -0.39 is 23.8 Å². The SMILES string of the molecule is COC(=O)/C=C(/Nc1ccc(C(=O)NCCC(=O)O)cc1)C(=O)OC. The van der Waals surface area contributed by atoms with Crippen molar-refractivity contribution in [2.24, 2.45) is 0 Å². The van der Waals surface area contributed by atoms with Gasteiger partial charge in [-0.2, -0.15) is 0 Å². The average molecular weight is 350 g/mol. The highest BCUT2D eigenvalue weighted by Crippen LogP contribution is 2.13. The van der Waals surface area contributed by atoms with Gasteiger partial charge in [0.15, 0.2) is 0 Å². The van der Waals surface area contributed by atoms with Crippen molar-refractivity contribution < 1.29 is 33.8 Å². The summed E-state index contributed by atoms with van der Waals surface area (Å²) >= 11 is 0. The van der Waals surface area contributed by atoms with Crippen LogP contribution < -0.4 is 10.6 Å². The molecule has 0 aliphatic carbocycles. The van der Waals surface area contributed by atoms with Gasteiger partial charge in [0, 0.05) is 17.8 Å². The number of carboxylic acids is 1. The minimum atomic E-state index is -1.01. The van der Waals surface area contributed by atoms with Gasteiger partial charge in [-0.15, -0.1) is 0 Å². The molecule has 0 radical (unpaired) electrons. The normalized spacial score (nSPS) is 10.6. The number of rotatable bonds is 8. The molecular weight excluding hydrogens is 332 g/mol. The topological polar surface area (TPSA) is 131 Å². The Balaban J connectivity index is 2.78. The Morgan fingerprint density at radius 2 is 1.72 bits per heavy atom. The predicted molar refractivity (Wildman–Crippen MR) is 86.8 cm³/mol. The molecular formula is C16H18N2O7. The van der Waals surface area contributed by atoms with Crippen LogP contribution in [0.15, 0.2) is 36.0 Å². The van der Waals surface area contributed by atoms with Crippen molar-refractivity contribution >= 4 is 29.5 Å². The molecule has 1 aromatic carbocycles. The van der Waals surface area contributed by atoms with Crippen LogP contribution in [0.4, 0.5) is 5.69 Å². The summed E-state index contributed by atoms with van der Waals surface area (Å²) in [4.78, 5) is 45.2. The summed E-state index contributed by atoms with van der Waals surface area (Å²) in [5.41, 5.74) is 0.614. The molecule has 9 heteroatoms. The summed E-state index contributed by atoms with van der Waals surface area (Å²) in [7, 11) is 2.34. The molecule has 0 atom stereocenters. The van der Waals surface area contributed by atoms with Gasteiger partial charge in [0.05, 0.1) is 26.7 Å². The third-order valence-corrected chi connectivity index (χ3v) is 2.92. The largest absolute Gasteiger partial charge is 0.481 e. The molecule has 1 aromatic rings. The van der Waals surface area contributed by atoms with Crippen LogP contribution in [0.3, 0.4) is 0 Å². The minimum absolute atomic E-state index is 0.0164. The van der Waals surface area contributed by atoms with E-state index in [1.54, 1.807) is 0 Å². The highest BCUT2D eigenvalue weighted by Gasteiger charge is 2.13. The van der Waals surface area contributed by atoms with E-state index in [1.165, 1.54) is 38.5 Å². The van der Waals surface area contributed by atoms with E-state index >= 15 is 0 Å². The Labute approximate surface area is 143 Å². The molecule has 0 bridgehead atoms. The first-order chi connectivity index (χ1) is 11.9. The van der Waals surface area contributed by atoms with Gasteiger partial charge in [0.25, 0.3) is 5.91 Å². The number of nitrogens with one attached hydrogen (secondary N) is 2. The van der Waals surface area contributed by atoms with Crippen LogP contribution in [-0.4, -0.2) is 49.7 Å². The molecule has 0 aliphatic rings. The molecule has 9 nitrogen and oxygen atoms in total. The van der Waals surface area contributed by atoms with E-state index in [1.807, 2.05) is 0 Å². The molecule has 134 valence electrons. The molecule has 0 aromatic heterocycles. The summed E-state index contributed by atoms with van der Waals surface area (Å²) < 4.78 is 9.03. The average Bonchev–Trinajstić information content (AvgIpc) is 2.60. The molecule has 0 heterocycles. The van der Waals surface area contributed by atoms with Crippen LogP contribution >= 0.6 is 0 Å². The van der Waals surface area contributed by atoms with Crippen LogP contribution in [0, 0.1) is 0 Å². The standard InChI is InChI=1S/C16H18N2O7/c1-24-14(21)9-12(16(23)25-2)18-11-5-3-10(4-6-11)15(22)17-8-7-13(19)20/h3-6,9,18H,7-8H2,1-2H3,(H,17,22)(H,19,20)/b12-9+. The van der Waals surface area contributed by atoms with Gasteiger partial charge < -0.3 is 25.2 Å². The molecule has 0 saturated heterocycles. The van der Waals surface area contributed by atoms with Crippen LogP contribution in [-0.2, 0) is 23.9 Å². The molecule has 0 fully saturated rings. The van der Waals surface area contributed by atoms with Crippen LogP contribution in [0.2, 0.25) is 0 Å². The number of amides is 1. The molecule has 0 unspecified atom stereocenters. The number of carbonyl (C=O) groups excluding carboxylic acids is 3. The van der Waals surface area contributed by atoms with Gasteiger partial charge in [-0.3, -0.25) is 9.59 Å². The van der Waals surface area contributed by atoms with E-state index in [2.05, 4.69) is 20.1 Å². The lowest BCUT2D eigenvalue weighted by molar-refractivity contribution is -0.138. The first kappa shape index (κ1) is 19.7. The van der Waals surface area contributed by atoms with E-state index in [9.17, 15) is 19.2 Å². The smallest absolute Gasteiger partial charge is 0.354 e. The zero-order valence-electron chi connectivity index (χ0n) is 13.7. The van der Waals surface area contributed by atoms with Crippen molar-refractivity contribution in [2.45, 2.75) is 6.42 Å². The first-order valence-electron chi connectivity index (χ1n) is 7.12. The number of esters is 2. The fourth-order valence-electron chi connectivity index (χ4n) is 1.68. The third-order valence-electron chi connectivity index (χ3n) is 2.92. The van der Waals surface area contributed by atoms with Gasteiger partial charge in [-0.05, 0) is 24.3 Å². The predicted octanol–water partition coefficient (Wildman–Crippen LogP) is 0.533. The number of benzene rings is 1. The molecule has 3 N–H and O–H groups in total. The number of anilines is 1. The maximum Gasteiger partial charge on any atom is 0.354 e. The minimum Gasteiger partial charge on any atom is -0.481 e. The van der Waals surface area contributed by atoms with Gasteiger partial charge in [0.2, 0.25) is 0 Å². The summed E-state index contributed by atoms with van der Waals surface area (Å²) in [6.45, 7) is 0.0164. The van der Waals surface area contributed by atoms with E-state index in [-0.39, 0.29) is 18.7 Å². The highest BCUT2D eigenvalue weighted by atomic mass is 16.5. The van der Waals surface area contributed by atoms with Gasteiger partial charge in [-0.25, -0.2) is 9.59 Å². The lowest BCUT2D eigenvalue weighted by Gasteiger charge is -2.10. The summed E-state index contributed by atoms with van der Waals surface area (Å²) in [6, 6.07) is 5.98. The highest BCUT2D eigenvalue weighted by molar-refractivity contribution is 5.99. The quantitative estimate of drug-likeness (QED) is 0.457. The Kier molecular flexibility index (Phi) is 7.64. The van der Waals surface area contributed by atoms with Gasteiger partial charge in [-0.1, -0.05) is 0 Å². The second-order valence-corrected chi connectivity index (χ2v) is 4.67. The van der Waals surface area contributed by atoms with E-state index in [0.29, 0.717) is 11.3 Å². The number of carbonyl (C=O) groups is 4. The third kappa shape index (κ3) is 6.73. The summed E-state index contributed by atoms with van der Waals surface area (Å²) in [5.74, 6) is -2.93. The lowest BCUT2D eigenvalue weighted by atomic mass is 10.2. The van der Waals surface area contributed by atoms with Crippen molar-refractivity contribution in [1.29, 1.82) is 0 Å². The molecule has 0 spiro atoms. The van der Waals surface area contributed by atoms with Gasteiger partial charge in [0.1, 0.15) is 5.70 Å². The fourth-order valence-corrected chi connectivity index (χ4v) is 1.68. The van der Waals surface area contributed by atoms with Crippen molar-refractivity contribution in [3.05, 3.63) is 41.6 Å². The number of hydrogen-bond acceptors (Lipinski definition) is 7. The van der Waals surface area contributed by atoms with Crippen molar-refractivity contribution in [2.75, 3.05) is 26.1 Å². The molecule has 25 heavy (non-hydrogen) atoms. The van der Waals surface area contributed by atoms with Crippen LogP contribution in [0.1, 0.15) is 16.8 Å². The summed E-state index contributed by atoms with van der Waals surface area (Å²) in [6.07, 6.45) is 0.768. The lowest BCUT2D eigenvalue weighted by Crippen LogP contribution is -2.25. The number of aliphatic carboxylic acids is 1. The monoisotopic (exact) mass is 350 g/mol. The molecule has 1 amide bonds. The second-order valence-electron chi connectivity index (χ2n) is 4.67. The first-order valence-corrected chi connectivity index (χ1v) is 7.12. The number of hydrogen-bond donors (Lipinski definition) is 3. The van der Waals surface area contributed by atoms with E-state index in [0.717, 1.165) is 6.08 Å². The van der Waals surface area contributed by atoms with Crippen LogP contribution in [0.25, 0.3) is 0 Å². The van der Waals surface area contributed by atoms with Crippen LogP contribution in [0.5, 0.6) is 0 Å². The maximum absolute atomic E-state index is 11.8. The molecule has 0 aliphatic heterocycles. The Morgan fingerprint density at radius 1 is 1.08 bits per heavy atom. The van der Waals surface area contributed by atoms with Crippen molar-refractivity contribution in [1.82, 2.24) is 5.32 Å². The second kappa shape index (κ2) is 9.71. The molecule has 0 saturated carbocycles. The zero-order valence-corrected chi connectivity index (χ0v) is 13.7. The van der Waals surface area contributed by atoms with Crippen molar-refractivity contribution in [3.8, 4) is 0 Å². The number of methoxy groups -OCH3 is 2. The maximum atomic E-state index is 11.8. The number of carboxylic acid groups (broad SMARTS) is 1. The Bertz CT molecular complexity index is 680. The van der Waals surface area contributed by atoms with E-state index in [4.69, 9.17) is 5.11 Å².